The Hall–Kier alpha value is -1.64. The summed E-state index contributed by atoms with van der Waals surface area (Å²) >= 11 is 0. The van der Waals surface area contributed by atoms with Gasteiger partial charge in [0.15, 0.2) is 0 Å². The van der Waals surface area contributed by atoms with E-state index in [-0.39, 0.29) is 17.9 Å². The summed E-state index contributed by atoms with van der Waals surface area (Å²) < 4.78 is 36.0. The largest absolute Gasteiger partial charge is 0.491 e. The molecule has 0 amide bonds. The molecule has 1 aromatic rings. The maximum atomic E-state index is 12.2. The fourth-order valence-electron chi connectivity index (χ4n) is 1.62. The Morgan fingerprint density at radius 1 is 1.23 bits per heavy atom. The molecule has 124 valence electrons. The van der Waals surface area contributed by atoms with Crippen LogP contribution in [0, 0.1) is 0 Å². The van der Waals surface area contributed by atoms with Crippen molar-refractivity contribution in [2.45, 2.75) is 18.2 Å². The van der Waals surface area contributed by atoms with Crippen LogP contribution in [0.15, 0.2) is 29.2 Å². The number of rotatable bonds is 10. The standard InChI is InChI=1S/C14H21NO6S/c1-3-20-10-11-21-12-4-6-13(7-5-12)22(18,19)15(2)9-8-14(16)17/h4-7H,3,8-11H2,1-2H3,(H,16,17). The molecular weight excluding hydrogens is 310 g/mol. The van der Waals surface area contributed by atoms with Crippen molar-refractivity contribution < 1.29 is 27.8 Å². The van der Waals surface area contributed by atoms with Crippen LogP contribution in [0.2, 0.25) is 0 Å². The first-order valence-electron chi connectivity index (χ1n) is 6.86. The number of hydrogen-bond donors (Lipinski definition) is 1. The van der Waals surface area contributed by atoms with E-state index in [0.29, 0.717) is 25.6 Å². The van der Waals surface area contributed by atoms with Crippen LogP contribution in [-0.2, 0) is 19.6 Å². The quantitative estimate of drug-likeness (QED) is 0.648. The van der Waals surface area contributed by atoms with Gasteiger partial charge in [-0.15, -0.1) is 0 Å². The zero-order chi connectivity index (χ0) is 16.6. The van der Waals surface area contributed by atoms with Gasteiger partial charge in [-0.2, -0.15) is 0 Å². The van der Waals surface area contributed by atoms with Crippen LogP contribution in [0.3, 0.4) is 0 Å². The SMILES string of the molecule is CCOCCOc1ccc(S(=O)(=O)N(C)CCC(=O)O)cc1. The van der Waals surface area contributed by atoms with Gasteiger partial charge in [-0.25, -0.2) is 12.7 Å². The Morgan fingerprint density at radius 2 is 1.86 bits per heavy atom. The lowest BCUT2D eigenvalue weighted by Gasteiger charge is -2.16. The molecule has 0 heterocycles. The van der Waals surface area contributed by atoms with Gasteiger partial charge >= 0.3 is 5.97 Å². The summed E-state index contributed by atoms with van der Waals surface area (Å²) in [5.74, 6) is -0.494. The lowest BCUT2D eigenvalue weighted by atomic mass is 10.3. The highest BCUT2D eigenvalue weighted by Crippen LogP contribution is 2.19. The van der Waals surface area contributed by atoms with Gasteiger partial charge in [0.1, 0.15) is 12.4 Å². The van der Waals surface area contributed by atoms with Gasteiger partial charge in [-0.05, 0) is 31.2 Å². The molecule has 0 aromatic heterocycles. The minimum absolute atomic E-state index is 0.0791. The maximum Gasteiger partial charge on any atom is 0.304 e. The van der Waals surface area contributed by atoms with E-state index < -0.39 is 16.0 Å². The van der Waals surface area contributed by atoms with Crippen LogP contribution >= 0.6 is 0 Å². The molecule has 0 radical (unpaired) electrons. The Bertz CT molecular complexity index is 570. The number of carbonyl (C=O) groups is 1. The molecule has 0 aliphatic carbocycles. The fraction of sp³-hybridized carbons (Fsp3) is 0.500. The highest BCUT2D eigenvalue weighted by Gasteiger charge is 2.21. The molecule has 0 fully saturated rings. The first-order valence-corrected chi connectivity index (χ1v) is 8.30. The predicted octanol–water partition coefficient (Wildman–Crippen LogP) is 1.20. The second-order valence-corrected chi connectivity index (χ2v) is 6.53. The summed E-state index contributed by atoms with van der Waals surface area (Å²) in [4.78, 5) is 10.6. The molecule has 0 aliphatic heterocycles. The van der Waals surface area contributed by atoms with E-state index in [2.05, 4.69) is 0 Å². The van der Waals surface area contributed by atoms with Gasteiger partial charge in [0, 0.05) is 20.2 Å². The normalized spacial score (nSPS) is 11.6. The third-order valence-electron chi connectivity index (χ3n) is 2.87. The molecule has 1 N–H and O–H groups in total. The molecule has 22 heavy (non-hydrogen) atoms. The van der Waals surface area contributed by atoms with E-state index in [1.807, 2.05) is 6.92 Å². The zero-order valence-electron chi connectivity index (χ0n) is 12.7. The predicted molar refractivity (Wildman–Crippen MR) is 80.5 cm³/mol. The van der Waals surface area contributed by atoms with Crippen LogP contribution in [0.25, 0.3) is 0 Å². The Kier molecular flexibility index (Phi) is 7.30. The maximum absolute atomic E-state index is 12.2. The summed E-state index contributed by atoms with van der Waals surface area (Å²) in [6.45, 7) is 3.28. The van der Waals surface area contributed by atoms with Crippen LogP contribution in [0.1, 0.15) is 13.3 Å². The second-order valence-electron chi connectivity index (χ2n) is 4.49. The zero-order valence-corrected chi connectivity index (χ0v) is 13.5. The highest BCUT2D eigenvalue weighted by atomic mass is 32.2. The van der Waals surface area contributed by atoms with Crippen molar-refractivity contribution in [1.29, 1.82) is 0 Å². The van der Waals surface area contributed by atoms with Crippen LogP contribution in [0.5, 0.6) is 5.75 Å². The van der Waals surface area contributed by atoms with E-state index in [0.717, 1.165) is 4.31 Å². The number of aliphatic carboxylic acids is 1. The van der Waals surface area contributed by atoms with Crippen LogP contribution in [-0.4, -0.2) is 57.2 Å². The van der Waals surface area contributed by atoms with Crippen molar-refractivity contribution in [2.75, 3.05) is 33.4 Å². The molecule has 0 saturated heterocycles. The number of nitrogens with zero attached hydrogens (tertiary/aromatic N) is 1. The van der Waals surface area contributed by atoms with Crippen molar-refractivity contribution in [3.05, 3.63) is 24.3 Å². The van der Waals surface area contributed by atoms with Gasteiger partial charge in [0.2, 0.25) is 10.0 Å². The third-order valence-corrected chi connectivity index (χ3v) is 4.74. The summed E-state index contributed by atoms with van der Waals surface area (Å²) in [6, 6.07) is 5.99. The first kappa shape index (κ1) is 18.4. The third kappa shape index (κ3) is 5.63. The Balaban J connectivity index is 2.65. The number of carboxylic acid groups (broad SMARTS) is 1. The van der Waals surface area contributed by atoms with Crippen LogP contribution in [0.4, 0.5) is 0 Å². The molecule has 8 heteroatoms. The molecule has 0 bridgehead atoms. The molecule has 1 rings (SSSR count). The summed E-state index contributed by atoms with van der Waals surface area (Å²) in [5.41, 5.74) is 0. The van der Waals surface area contributed by atoms with Gasteiger partial charge in [-0.3, -0.25) is 4.79 Å². The smallest absolute Gasteiger partial charge is 0.304 e. The molecule has 7 nitrogen and oxygen atoms in total. The number of ether oxygens (including phenoxy) is 2. The van der Waals surface area contributed by atoms with E-state index >= 15 is 0 Å². The molecule has 0 unspecified atom stereocenters. The van der Waals surface area contributed by atoms with Gasteiger partial charge < -0.3 is 14.6 Å². The van der Waals surface area contributed by atoms with Crippen molar-refractivity contribution in [3.8, 4) is 5.75 Å². The van der Waals surface area contributed by atoms with Gasteiger partial charge in [0.25, 0.3) is 0 Å². The number of sulfonamides is 1. The first-order chi connectivity index (χ1) is 10.4. The highest BCUT2D eigenvalue weighted by molar-refractivity contribution is 7.89. The number of carboxylic acids is 1. The molecule has 0 aliphatic rings. The van der Waals surface area contributed by atoms with Crippen molar-refractivity contribution in [2.24, 2.45) is 0 Å². The van der Waals surface area contributed by atoms with Crippen molar-refractivity contribution >= 4 is 16.0 Å². The summed E-state index contributed by atoms with van der Waals surface area (Å²) in [5, 5.41) is 8.61. The van der Waals surface area contributed by atoms with E-state index in [1.54, 1.807) is 12.1 Å². The number of hydrogen-bond acceptors (Lipinski definition) is 5. The molecule has 0 spiro atoms. The van der Waals surface area contributed by atoms with Gasteiger partial charge in [-0.1, -0.05) is 0 Å². The van der Waals surface area contributed by atoms with Crippen molar-refractivity contribution in [1.82, 2.24) is 4.31 Å². The van der Waals surface area contributed by atoms with Crippen LogP contribution < -0.4 is 4.74 Å². The fourth-order valence-corrected chi connectivity index (χ4v) is 2.80. The lowest BCUT2D eigenvalue weighted by Crippen LogP contribution is -2.29. The van der Waals surface area contributed by atoms with Crippen molar-refractivity contribution in [3.63, 3.8) is 0 Å². The Morgan fingerprint density at radius 3 is 2.41 bits per heavy atom. The average molecular weight is 331 g/mol. The topological polar surface area (TPSA) is 93.1 Å². The molecule has 1 aromatic carbocycles. The van der Waals surface area contributed by atoms with E-state index in [1.165, 1.54) is 19.2 Å². The monoisotopic (exact) mass is 331 g/mol. The summed E-state index contributed by atoms with van der Waals surface area (Å²) in [6.07, 6.45) is -0.242. The Labute approximate surface area is 130 Å². The van der Waals surface area contributed by atoms with E-state index in [4.69, 9.17) is 14.6 Å². The minimum Gasteiger partial charge on any atom is -0.491 e. The average Bonchev–Trinajstić information content (AvgIpc) is 2.49. The molecule has 0 atom stereocenters. The lowest BCUT2D eigenvalue weighted by molar-refractivity contribution is -0.137. The van der Waals surface area contributed by atoms with E-state index in [9.17, 15) is 13.2 Å². The molecule has 0 saturated carbocycles. The van der Waals surface area contributed by atoms with Gasteiger partial charge in [0.05, 0.1) is 17.9 Å². The second kappa shape index (κ2) is 8.72. The minimum atomic E-state index is -3.69. The molecular formula is C14H21NO6S. The number of benzene rings is 1. The summed E-state index contributed by atoms with van der Waals surface area (Å²) in [7, 11) is -2.34.